The number of ether oxygens (including phenoxy) is 1. The van der Waals surface area contributed by atoms with Gasteiger partial charge in [-0.25, -0.2) is 0 Å². The third-order valence-electron chi connectivity index (χ3n) is 4.06. The van der Waals surface area contributed by atoms with E-state index in [-0.39, 0.29) is 17.2 Å². The zero-order chi connectivity index (χ0) is 16.9. The zero-order valence-corrected chi connectivity index (χ0v) is 15.9. The first-order chi connectivity index (χ1) is 11.6. The highest BCUT2D eigenvalue weighted by atomic mass is 79.9. The molecule has 0 aromatic heterocycles. The van der Waals surface area contributed by atoms with Crippen molar-refractivity contribution in [1.29, 1.82) is 0 Å². The SMILES string of the molecule is C[C@H](SCc1ccc(Br)cc1)C(=O)N[C@H]1CCOc2ccccc21. The average Bonchev–Trinajstić information content (AvgIpc) is 2.61. The van der Waals surface area contributed by atoms with Gasteiger partial charge in [0.15, 0.2) is 0 Å². The Balaban J connectivity index is 1.56. The van der Waals surface area contributed by atoms with Crippen LogP contribution < -0.4 is 10.1 Å². The first kappa shape index (κ1) is 17.4. The highest BCUT2D eigenvalue weighted by Gasteiger charge is 2.24. The summed E-state index contributed by atoms with van der Waals surface area (Å²) in [6.07, 6.45) is 0.812. The summed E-state index contributed by atoms with van der Waals surface area (Å²) in [4.78, 5) is 12.5. The molecule has 0 aliphatic carbocycles. The minimum Gasteiger partial charge on any atom is -0.493 e. The molecule has 1 N–H and O–H groups in total. The van der Waals surface area contributed by atoms with E-state index < -0.39 is 0 Å². The third-order valence-corrected chi connectivity index (χ3v) is 5.80. The fourth-order valence-electron chi connectivity index (χ4n) is 2.66. The van der Waals surface area contributed by atoms with Gasteiger partial charge < -0.3 is 10.1 Å². The van der Waals surface area contributed by atoms with Gasteiger partial charge in [0.2, 0.25) is 5.91 Å². The first-order valence-electron chi connectivity index (χ1n) is 8.01. The second kappa shape index (κ2) is 8.08. The topological polar surface area (TPSA) is 38.3 Å². The molecule has 1 amide bonds. The lowest BCUT2D eigenvalue weighted by atomic mass is 10.0. The number of hydrogen-bond acceptors (Lipinski definition) is 3. The molecule has 3 rings (SSSR count). The van der Waals surface area contributed by atoms with Gasteiger partial charge in [-0.05, 0) is 30.7 Å². The van der Waals surface area contributed by atoms with Gasteiger partial charge in [-0.15, -0.1) is 11.8 Å². The second-order valence-corrected chi connectivity index (χ2v) is 8.06. The van der Waals surface area contributed by atoms with E-state index in [1.807, 2.05) is 43.3 Å². The van der Waals surface area contributed by atoms with Gasteiger partial charge in [-0.2, -0.15) is 0 Å². The van der Waals surface area contributed by atoms with E-state index in [4.69, 9.17) is 4.74 Å². The largest absolute Gasteiger partial charge is 0.493 e. The number of hydrogen-bond donors (Lipinski definition) is 1. The summed E-state index contributed by atoms with van der Waals surface area (Å²) in [5.41, 5.74) is 2.29. The van der Waals surface area contributed by atoms with Gasteiger partial charge in [-0.1, -0.05) is 46.3 Å². The number of thioether (sulfide) groups is 1. The van der Waals surface area contributed by atoms with E-state index >= 15 is 0 Å². The first-order valence-corrected chi connectivity index (χ1v) is 9.86. The second-order valence-electron chi connectivity index (χ2n) is 5.82. The van der Waals surface area contributed by atoms with Gasteiger partial charge in [0.25, 0.3) is 0 Å². The number of halogens is 1. The molecule has 126 valence electrons. The average molecular weight is 406 g/mol. The fourth-order valence-corrected chi connectivity index (χ4v) is 3.78. The molecule has 2 aromatic rings. The number of rotatable bonds is 5. The molecule has 2 atom stereocenters. The van der Waals surface area contributed by atoms with Gasteiger partial charge in [-0.3, -0.25) is 4.79 Å². The summed E-state index contributed by atoms with van der Waals surface area (Å²) in [7, 11) is 0. The summed E-state index contributed by atoms with van der Waals surface area (Å²) in [6, 6.07) is 16.2. The zero-order valence-electron chi connectivity index (χ0n) is 13.5. The molecule has 0 radical (unpaired) electrons. The number of benzene rings is 2. The van der Waals surface area contributed by atoms with Crippen molar-refractivity contribution in [2.24, 2.45) is 0 Å². The highest BCUT2D eigenvalue weighted by molar-refractivity contribution is 9.10. The van der Waals surface area contributed by atoms with Crippen LogP contribution in [-0.4, -0.2) is 17.8 Å². The lowest BCUT2D eigenvalue weighted by Crippen LogP contribution is -2.36. The number of carbonyl (C=O) groups is 1. The number of amides is 1. The maximum Gasteiger partial charge on any atom is 0.233 e. The normalized spacial score (nSPS) is 17.5. The standard InChI is InChI=1S/C19H20BrNO2S/c1-13(24-12-14-6-8-15(20)9-7-14)19(22)21-17-10-11-23-18-5-3-2-4-16(17)18/h2-9,13,17H,10-12H2,1H3,(H,21,22)/t13-,17-/m0/s1. The van der Waals surface area contributed by atoms with Crippen LogP contribution in [0.3, 0.4) is 0 Å². The fraction of sp³-hybridized carbons (Fsp3) is 0.316. The van der Waals surface area contributed by atoms with Crippen molar-refractivity contribution in [3.05, 3.63) is 64.1 Å². The number of nitrogens with one attached hydrogen (secondary N) is 1. The Morgan fingerprint density at radius 2 is 2.04 bits per heavy atom. The van der Waals surface area contributed by atoms with Crippen LogP contribution >= 0.6 is 27.7 Å². The lowest BCUT2D eigenvalue weighted by molar-refractivity contribution is -0.121. The van der Waals surface area contributed by atoms with Crippen molar-refractivity contribution in [2.75, 3.05) is 6.61 Å². The molecule has 0 fully saturated rings. The van der Waals surface area contributed by atoms with Gasteiger partial charge in [0.1, 0.15) is 5.75 Å². The smallest absolute Gasteiger partial charge is 0.233 e. The van der Waals surface area contributed by atoms with Crippen molar-refractivity contribution < 1.29 is 9.53 Å². The van der Waals surface area contributed by atoms with Crippen LogP contribution in [0.2, 0.25) is 0 Å². The molecule has 0 bridgehead atoms. The molecule has 24 heavy (non-hydrogen) atoms. The Hall–Kier alpha value is -1.46. The number of carbonyl (C=O) groups excluding carboxylic acids is 1. The molecule has 0 unspecified atom stereocenters. The summed E-state index contributed by atoms with van der Waals surface area (Å²) in [5.74, 6) is 1.79. The molecule has 0 saturated heterocycles. The van der Waals surface area contributed by atoms with Gasteiger partial charge >= 0.3 is 0 Å². The Kier molecular flexibility index (Phi) is 5.85. The lowest BCUT2D eigenvalue weighted by Gasteiger charge is -2.27. The number of para-hydroxylation sites is 1. The van der Waals surface area contributed by atoms with Crippen LogP contribution in [0.15, 0.2) is 53.0 Å². The van der Waals surface area contributed by atoms with Gasteiger partial charge in [0, 0.05) is 22.2 Å². The molecule has 1 heterocycles. The molecular formula is C19H20BrNO2S. The molecule has 0 spiro atoms. The molecule has 5 heteroatoms. The molecule has 1 aliphatic heterocycles. The van der Waals surface area contributed by atoms with E-state index in [9.17, 15) is 4.79 Å². The summed E-state index contributed by atoms with van der Waals surface area (Å²) >= 11 is 5.09. The quantitative estimate of drug-likeness (QED) is 0.782. The predicted molar refractivity (Wildman–Crippen MR) is 102 cm³/mol. The molecule has 1 aliphatic rings. The Bertz CT molecular complexity index is 705. The van der Waals surface area contributed by atoms with Crippen LogP contribution in [0.25, 0.3) is 0 Å². The van der Waals surface area contributed by atoms with Crippen LogP contribution in [-0.2, 0) is 10.5 Å². The Labute approximate surface area is 155 Å². The minimum absolute atomic E-state index is 0.0400. The van der Waals surface area contributed by atoms with Crippen molar-refractivity contribution in [3.8, 4) is 5.75 Å². The van der Waals surface area contributed by atoms with Gasteiger partial charge in [0.05, 0.1) is 17.9 Å². The van der Waals surface area contributed by atoms with Crippen LogP contribution in [0.5, 0.6) is 5.75 Å². The minimum atomic E-state index is -0.0938. The van der Waals surface area contributed by atoms with Crippen LogP contribution in [0.1, 0.15) is 30.5 Å². The van der Waals surface area contributed by atoms with E-state index in [1.165, 1.54) is 5.56 Å². The molecule has 0 saturated carbocycles. The van der Waals surface area contributed by atoms with E-state index in [0.717, 1.165) is 28.0 Å². The van der Waals surface area contributed by atoms with Crippen molar-refractivity contribution in [1.82, 2.24) is 5.32 Å². The highest BCUT2D eigenvalue weighted by Crippen LogP contribution is 2.32. The van der Waals surface area contributed by atoms with Crippen molar-refractivity contribution >= 4 is 33.6 Å². The Morgan fingerprint density at radius 3 is 2.83 bits per heavy atom. The van der Waals surface area contributed by atoms with E-state index in [1.54, 1.807) is 11.8 Å². The van der Waals surface area contributed by atoms with Crippen LogP contribution in [0, 0.1) is 0 Å². The summed E-state index contributed by atoms with van der Waals surface area (Å²) < 4.78 is 6.72. The van der Waals surface area contributed by atoms with E-state index in [2.05, 4.69) is 33.4 Å². The monoisotopic (exact) mass is 405 g/mol. The van der Waals surface area contributed by atoms with Crippen molar-refractivity contribution in [2.45, 2.75) is 30.4 Å². The van der Waals surface area contributed by atoms with Crippen LogP contribution in [0.4, 0.5) is 0 Å². The Morgan fingerprint density at radius 1 is 1.29 bits per heavy atom. The third kappa shape index (κ3) is 4.33. The van der Waals surface area contributed by atoms with E-state index in [0.29, 0.717) is 6.61 Å². The summed E-state index contributed by atoms with van der Waals surface area (Å²) in [5, 5.41) is 3.08. The molecular weight excluding hydrogens is 386 g/mol. The predicted octanol–water partition coefficient (Wildman–Crippen LogP) is 4.71. The molecule has 2 aromatic carbocycles. The summed E-state index contributed by atoms with van der Waals surface area (Å²) in [6.45, 7) is 2.60. The maximum atomic E-state index is 12.5. The maximum absolute atomic E-state index is 12.5. The molecule has 3 nitrogen and oxygen atoms in total. The number of fused-ring (bicyclic) bond motifs is 1. The van der Waals surface area contributed by atoms with Crippen molar-refractivity contribution in [3.63, 3.8) is 0 Å².